The molecule has 2 N–H and O–H groups in total. The van der Waals surface area contributed by atoms with Crippen molar-refractivity contribution in [2.24, 2.45) is 0 Å². The van der Waals surface area contributed by atoms with Gasteiger partial charge in [-0.15, -0.1) is 0 Å². The highest BCUT2D eigenvalue weighted by atomic mass is 35.5. The molecule has 0 unspecified atom stereocenters. The fraction of sp³-hybridized carbons (Fsp3) is 0. The SMILES string of the molecule is Nc1noc(-c2cc3ccccc3o2)c1Cl. The second-order valence-electron chi connectivity index (χ2n) is 3.36. The fourth-order valence-corrected chi connectivity index (χ4v) is 1.70. The van der Waals surface area contributed by atoms with Gasteiger partial charge in [0.15, 0.2) is 11.6 Å². The third-order valence-electron chi connectivity index (χ3n) is 2.31. The van der Waals surface area contributed by atoms with Crippen LogP contribution in [0.15, 0.2) is 39.3 Å². The molecule has 0 atom stereocenters. The summed E-state index contributed by atoms with van der Waals surface area (Å²) in [5.74, 6) is 1.04. The average molecular weight is 235 g/mol. The Kier molecular flexibility index (Phi) is 1.91. The average Bonchev–Trinajstić information content (AvgIpc) is 2.84. The Morgan fingerprint density at radius 2 is 2.06 bits per heavy atom. The molecule has 80 valence electrons. The molecule has 0 bridgehead atoms. The maximum atomic E-state index is 5.93. The van der Waals surface area contributed by atoms with Crippen molar-refractivity contribution in [3.05, 3.63) is 35.4 Å². The van der Waals surface area contributed by atoms with E-state index >= 15 is 0 Å². The Morgan fingerprint density at radius 3 is 2.75 bits per heavy atom. The largest absolute Gasteiger partial charge is 0.453 e. The zero-order valence-corrected chi connectivity index (χ0v) is 8.86. The molecule has 0 amide bonds. The van der Waals surface area contributed by atoms with Crippen LogP contribution < -0.4 is 5.73 Å². The number of anilines is 1. The van der Waals surface area contributed by atoms with Crippen molar-refractivity contribution in [2.45, 2.75) is 0 Å². The van der Waals surface area contributed by atoms with E-state index in [-0.39, 0.29) is 10.8 Å². The topological polar surface area (TPSA) is 65.2 Å². The van der Waals surface area contributed by atoms with Crippen LogP contribution in [0.25, 0.3) is 22.5 Å². The van der Waals surface area contributed by atoms with Gasteiger partial charge in [-0.1, -0.05) is 35.0 Å². The molecule has 5 heteroatoms. The minimum atomic E-state index is 0.164. The van der Waals surface area contributed by atoms with Crippen molar-refractivity contribution >= 4 is 28.4 Å². The molecule has 4 nitrogen and oxygen atoms in total. The van der Waals surface area contributed by atoms with Crippen molar-refractivity contribution in [3.8, 4) is 11.5 Å². The third-order valence-corrected chi connectivity index (χ3v) is 2.67. The molecule has 3 rings (SSSR count). The first-order valence-corrected chi connectivity index (χ1v) is 5.03. The number of hydrogen-bond acceptors (Lipinski definition) is 4. The van der Waals surface area contributed by atoms with Gasteiger partial charge >= 0.3 is 0 Å². The van der Waals surface area contributed by atoms with Gasteiger partial charge in [0.25, 0.3) is 0 Å². The lowest BCUT2D eigenvalue weighted by Gasteiger charge is -1.88. The number of fused-ring (bicyclic) bond motifs is 1. The monoisotopic (exact) mass is 234 g/mol. The summed E-state index contributed by atoms with van der Waals surface area (Å²) >= 11 is 5.93. The maximum Gasteiger partial charge on any atom is 0.222 e. The number of hydrogen-bond donors (Lipinski definition) is 1. The van der Waals surface area contributed by atoms with Crippen molar-refractivity contribution in [1.82, 2.24) is 5.16 Å². The zero-order chi connectivity index (χ0) is 11.1. The van der Waals surface area contributed by atoms with Crippen molar-refractivity contribution in [3.63, 3.8) is 0 Å². The molecule has 16 heavy (non-hydrogen) atoms. The van der Waals surface area contributed by atoms with E-state index in [0.29, 0.717) is 11.5 Å². The maximum absolute atomic E-state index is 5.93. The summed E-state index contributed by atoms with van der Waals surface area (Å²) in [7, 11) is 0. The second kappa shape index (κ2) is 3.28. The molecule has 0 spiro atoms. The molecular formula is C11H7ClN2O2. The first-order valence-electron chi connectivity index (χ1n) is 4.65. The standard InChI is InChI=1S/C11H7ClN2O2/c12-9-10(16-14-11(9)13)8-5-6-3-1-2-4-7(6)15-8/h1-5H,(H2,13,14). The molecule has 0 saturated carbocycles. The van der Waals surface area contributed by atoms with Gasteiger partial charge in [0.2, 0.25) is 5.76 Å². The lowest BCUT2D eigenvalue weighted by molar-refractivity contribution is 0.424. The van der Waals surface area contributed by atoms with E-state index in [1.165, 1.54) is 0 Å². The number of rotatable bonds is 1. The molecule has 3 aromatic rings. The van der Waals surface area contributed by atoms with Gasteiger partial charge in [0.1, 0.15) is 10.6 Å². The van der Waals surface area contributed by atoms with Crippen LogP contribution in [0.3, 0.4) is 0 Å². The summed E-state index contributed by atoms with van der Waals surface area (Å²) in [5.41, 5.74) is 6.26. The molecule has 2 heterocycles. The number of para-hydroxylation sites is 1. The Labute approximate surface area is 95.6 Å². The molecule has 0 aliphatic carbocycles. The number of aromatic nitrogens is 1. The van der Waals surface area contributed by atoms with Crippen LogP contribution in [-0.2, 0) is 0 Å². The number of nitrogen functional groups attached to an aromatic ring is 1. The van der Waals surface area contributed by atoms with Crippen LogP contribution in [0, 0.1) is 0 Å². The quantitative estimate of drug-likeness (QED) is 0.701. The van der Waals surface area contributed by atoms with Crippen LogP contribution in [0.5, 0.6) is 0 Å². The Morgan fingerprint density at radius 1 is 1.25 bits per heavy atom. The number of nitrogens with zero attached hydrogens (tertiary/aromatic N) is 1. The second-order valence-corrected chi connectivity index (χ2v) is 3.74. The Balaban J connectivity index is 2.23. The summed E-state index contributed by atoms with van der Waals surface area (Å²) in [6.07, 6.45) is 0. The zero-order valence-electron chi connectivity index (χ0n) is 8.11. The van der Waals surface area contributed by atoms with Gasteiger partial charge in [-0.3, -0.25) is 0 Å². The highest BCUT2D eigenvalue weighted by molar-refractivity contribution is 6.35. The summed E-state index contributed by atoms with van der Waals surface area (Å²) in [6, 6.07) is 9.47. The number of furan rings is 1. The molecule has 0 fully saturated rings. The van der Waals surface area contributed by atoms with Gasteiger partial charge in [-0.25, -0.2) is 0 Å². The molecule has 0 aliphatic heterocycles. The minimum absolute atomic E-state index is 0.164. The molecule has 1 aromatic carbocycles. The van der Waals surface area contributed by atoms with Crippen LogP contribution in [0.1, 0.15) is 0 Å². The normalized spacial score (nSPS) is 11.1. The first kappa shape index (κ1) is 9.30. The van der Waals surface area contributed by atoms with E-state index in [9.17, 15) is 0 Å². The Hall–Kier alpha value is -1.94. The molecule has 0 aliphatic rings. The molecular weight excluding hydrogens is 228 g/mol. The van der Waals surface area contributed by atoms with Gasteiger partial charge in [0, 0.05) is 5.39 Å². The van der Waals surface area contributed by atoms with Gasteiger partial charge in [-0.05, 0) is 12.1 Å². The summed E-state index contributed by atoms with van der Waals surface area (Å²) < 4.78 is 10.6. The van der Waals surface area contributed by atoms with Crippen LogP contribution in [-0.4, -0.2) is 5.16 Å². The molecule has 0 saturated heterocycles. The van der Waals surface area contributed by atoms with Crippen LogP contribution >= 0.6 is 11.6 Å². The van der Waals surface area contributed by atoms with Crippen molar-refractivity contribution < 1.29 is 8.94 Å². The van der Waals surface area contributed by atoms with Crippen LogP contribution in [0.4, 0.5) is 5.82 Å². The number of halogens is 1. The fourth-order valence-electron chi connectivity index (χ4n) is 1.54. The summed E-state index contributed by atoms with van der Waals surface area (Å²) in [6.45, 7) is 0. The first-order chi connectivity index (χ1) is 7.75. The lowest BCUT2D eigenvalue weighted by atomic mass is 10.2. The summed E-state index contributed by atoms with van der Waals surface area (Å²) in [5, 5.41) is 4.83. The number of benzene rings is 1. The number of nitrogens with two attached hydrogens (primary N) is 1. The van der Waals surface area contributed by atoms with E-state index in [4.69, 9.17) is 26.3 Å². The van der Waals surface area contributed by atoms with Crippen molar-refractivity contribution in [1.29, 1.82) is 0 Å². The summed E-state index contributed by atoms with van der Waals surface area (Å²) in [4.78, 5) is 0. The van der Waals surface area contributed by atoms with E-state index in [0.717, 1.165) is 11.0 Å². The highest BCUT2D eigenvalue weighted by Crippen LogP contribution is 2.35. The smallest absolute Gasteiger partial charge is 0.222 e. The van der Waals surface area contributed by atoms with E-state index in [1.807, 2.05) is 30.3 Å². The van der Waals surface area contributed by atoms with E-state index in [2.05, 4.69) is 5.16 Å². The lowest BCUT2D eigenvalue weighted by Crippen LogP contribution is -1.82. The van der Waals surface area contributed by atoms with Crippen LogP contribution in [0.2, 0.25) is 5.02 Å². The van der Waals surface area contributed by atoms with Gasteiger partial charge in [0.05, 0.1) is 0 Å². The van der Waals surface area contributed by atoms with E-state index < -0.39 is 0 Å². The van der Waals surface area contributed by atoms with Gasteiger partial charge in [-0.2, -0.15) is 0 Å². The van der Waals surface area contributed by atoms with Crippen molar-refractivity contribution in [2.75, 3.05) is 5.73 Å². The predicted octanol–water partition coefficient (Wildman–Crippen LogP) is 3.32. The molecule has 2 aromatic heterocycles. The van der Waals surface area contributed by atoms with E-state index in [1.54, 1.807) is 0 Å². The predicted molar refractivity (Wildman–Crippen MR) is 61.1 cm³/mol. The minimum Gasteiger partial charge on any atom is -0.453 e. The molecule has 0 radical (unpaired) electrons. The van der Waals surface area contributed by atoms with Gasteiger partial charge < -0.3 is 14.7 Å². The highest BCUT2D eigenvalue weighted by Gasteiger charge is 2.17. The Bertz CT molecular complexity index is 624. The third kappa shape index (κ3) is 1.27.